The Morgan fingerprint density at radius 1 is 1.02 bits per heavy atom. The highest BCUT2D eigenvalue weighted by Crippen LogP contribution is 2.35. The van der Waals surface area contributed by atoms with Crippen molar-refractivity contribution >= 4 is 11.4 Å². The molecule has 0 unspecified atom stereocenters. The number of allylic oxidation sites excluding steroid dienone is 5. The summed E-state index contributed by atoms with van der Waals surface area (Å²) < 4.78 is 28.2. The van der Waals surface area contributed by atoms with E-state index in [4.69, 9.17) is 23.4 Å². The van der Waals surface area contributed by atoms with Crippen LogP contribution in [-0.2, 0) is 26.2 Å². The van der Waals surface area contributed by atoms with Gasteiger partial charge in [0, 0.05) is 18.9 Å². The van der Waals surface area contributed by atoms with Gasteiger partial charge in [-0.05, 0) is 74.9 Å². The fourth-order valence-electron chi connectivity index (χ4n) is 3.76. The molecule has 0 spiro atoms. The Hall–Kier alpha value is -4.23. The van der Waals surface area contributed by atoms with E-state index < -0.39 is 0 Å². The first-order valence-electron chi connectivity index (χ1n) is 15.0. The molecule has 7 nitrogen and oxygen atoms in total. The van der Waals surface area contributed by atoms with E-state index in [0.29, 0.717) is 41.3 Å². The Kier molecular flexibility index (Phi) is 18.7. The molecule has 1 aromatic heterocycles. The largest absolute Gasteiger partial charge is 0.495 e. The lowest BCUT2D eigenvalue weighted by molar-refractivity contribution is 0.183. The SMILES string of the molecule is C=C(OC)/C(NC(=C)c1ccc(Oc2cc(C(C)(C)C)c(COC)cc2C)o1)=C(\N=C(C)C)OC.C=C/C(C)=C\C=C/C.CC. The summed E-state index contributed by atoms with van der Waals surface area (Å²) >= 11 is 0. The number of furan rings is 1. The lowest BCUT2D eigenvalue weighted by atomic mass is 9.83. The summed E-state index contributed by atoms with van der Waals surface area (Å²) in [7, 11) is 4.75. The molecule has 0 amide bonds. The van der Waals surface area contributed by atoms with E-state index >= 15 is 0 Å². The second-order valence-corrected chi connectivity index (χ2v) is 11.0. The number of nitrogens with one attached hydrogen (secondary N) is 1. The molecule has 0 aliphatic carbocycles. The number of methoxy groups -OCH3 is 3. The molecule has 0 radical (unpaired) electrons. The van der Waals surface area contributed by atoms with Gasteiger partial charge in [-0.3, -0.25) is 0 Å². The second kappa shape index (κ2) is 20.7. The number of aryl methyl sites for hydroxylation is 1. The van der Waals surface area contributed by atoms with E-state index in [1.807, 2.05) is 72.8 Å². The van der Waals surface area contributed by atoms with Gasteiger partial charge in [-0.15, -0.1) is 0 Å². The van der Waals surface area contributed by atoms with Gasteiger partial charge in [-0.2, -0.15) is 0 Å². The molecule has 0 saturated heterocycles. The van der Waals surface area contributed by atoms with Gasteiger partial charge in [0.05, 0.1) is 26.5 Å². The predicted octanol–water partition coefficient (Wildman–Crippen LogP) is 10.6. The van der Waals surface area contributed by atoms with Crippen LogP contribution in [0.2, 0.25) is 0 Å². The lowest BCUT2D eigenvalue weighted by Gasteiger charge is -2.24. The maximum absolute atomic E-state index is 6.13. The van der Waals surface area contributed by atoms with Gasteiger partial charge >= 0.3 is 0 Å². The van der Waals surface area contributed by atoms with Crippen LogP contribution in [0.25, 0.3) is 5.70 Å². The molecule has 0 saturated carbocycles. The number of hydrogen-bond acceptors (Lipinski definition) is 7. The Balaban J connectivity index is 0.00000168. The van der Waals surface area contributed by atoms with Crippen LogP contribution >= 0.6 is 0 Å². The van der Waals surface area contributed by atoms with Crippen molar-refractivity contribution in [2.75, 3.05) is 21.3 Å². The van der Waals surface area contributed by atoms with Crippen molar-refractivity contribution < 1.29 is 23.4 Å². The van der Waals surface area contributed by atoms with Crippen LogP contribution in [-0.4, -0.2) is 27.0 Å². The van der Waals surface area contributed by atoms with Crippen LogP contribution in [0.1, 0.15) is 84.8 Å². The van der Waals surface area contributed by atoms with Crippen LogP contribution in [0.15, 0.2) is 101 Å². The van der Waals surface area contributed by atoms with Gasteiger partial charge in [0.1, 0.15) is 17.2 Å². The minimum absolute atomic E-state index is 0.0724. The van der Waals surface area contributed by atoms with E-state index in [2.05, 4.69) is 62.9 Å². The zero-order valence-electron chi connectivity index (χ0n) is 29.9. The standard InChI is InChI=1S/C28H38N2O5.C8H12.C2H6/c1-17(2)29-27(33-11)26(20(5)32-10)30-19(4)23-12-13-25(34-23)35-24-15-22(28(6,7)8)21(16-31-9)14-18(24)3;1-4-6-7-8(3)5-2;1-2/h12-15,30H,4-5,16H2,1-3,6-11H3;4-7H,2H2,1,3H3;1-2H3/b27-26-;6-4-,8-7-;. The third-order valence-electron chi connectivity index (χ3n) is 6.00. The van der Waals surface area contributed by atoms with Crippen molar-refractivity contribution in [3.8, 4) is 11.7 Å². The second-order valence-electron chi connectivity index (χ2n) is 11.0. The van der Waals surface area contributed by atoms with Crippen LogP contribution in [0.5, 0.6) is 11.7 Å². The molecule has 2 rings (SSSR count). The molecular formula is C38H56N2O5. The molecule has 0 atom stereocenters. The summed E-state index contributed by atoms with van der Waals surface area (Å²) in [5.41, 5.74) is 6.13. The van der Waals surface area contributed by atoms with Crippen molar-refractivity contribution in [1.82, 2.24) is 5.32 Å². The van der Waals surface area contributed by atoms with E-state index in [9.17, 15) is 0 Å². The molecular weight excluding hydrogens is 564 g/mol. The van der Waals surface area contributed by atoms with Crippen LogP contribution in [0.3, 0.4) is 0 Å². The number of nitrogens with zero attached hydrogens (tertiary/aromatic N) is 1. The van der Waals surface area contributed by atoms with Crippen molar-refractivity contribution in [2.45, 2.75) is 81.3 Å². The monoisotopic (exact) mass is 620 g/mol. The highest BCUT2D eigenvalue weighted by Gasteiger charge is 2.21. The van der Waals surface area contributed by atoms with Gasteiger partial charge < -0.3 is 28.7 Å². The average Bonchev–Trinajstić information content (AvgIpc) is 3.47. The van der Waals surface area contributed by atoms with Gasteiger partial charge in [0.25, 0.3) is 5.95 Å². The molecule has 7 heteroatoms. The van der Waals surface area contributed by atoms with Crippen molar-refractivity contribution in [3.05, 3.63) is 114 Å². The fourth-order valence-corrected chi connectivity index (χ4v) is 3.76. The molecule has 0 bridgehead atoms. The Bertz CT molecular complexity index is 1380. The molecule has 0 aliphatic heterocycles. The number of ether oxygens (including phenoxy) is 4. The first-order valence-corrected chi connectivity index (χ1v) is 15.0. The summed E-state index contributed by atoms with van der Waals surface area (Å²) in [5.74, 6) is 2.21. The molecule has 248 valence electrons. The van der Waals surface area contributed by atoms with Gasteiger partial charge in [-0.25, -0.2) is 4.99 Å². The normalized spacial score (nSPS) is 11.6. The molecule has 45 heavy (non-hydrogen) atoms. The highest BCUT2D eigenvalue weighted by atomic mass is 16.6. The van der Waals surface area contributed by atoms with Crippen LogP contribution < -0.4 is 10.1 Å². The lowest BCUT2D eigenvalue weighted by Crippen LogP contribution is -2.16. The molecule has 0 fully saturated rings. The van der Waals surface area contributed by atoms with E-state index in [1.54, 1.807) is 19.2 Å². The third-order valence-corrected chi connectivity index (χ3v) is 6.00. The average molecular weight is 621 g/mol. The van der Waals surface area contributed by atoms with Gasteiger partial charge in [-0.1, -0.05) is 84.2 Å². The zero-order chi connectivity index (χ0) is 34.7. The van der Waals surface area contributed by atoms with Gasteiger partial charge in [0.2, 0.25) is 5.88 Å². The number of aliphatic imine (C=N–C) groups is 1. The van der Waals surface area contributed by atoms with Crippen molar-refractivity contribution in [2.24, 2.45) is 4.99 Å². The van der Waals surface area contributed by atoms with Crippen LogP contribution in [0.4, 0.5) is 0 Å². The van der Waals surface area contributed by atoms with Crippen molar-refractivity contribution in [1.29, 1.82) is 0 Å². The third kappa shape index (κ3) is 14.0. The number of rotatable bonds is 13. The van der Waals surface area contributed by atoms with Crippen LogP contribution in [0, 0.1) is 6.92 Å². The number of hydrogen-bond donors (Lipinski definition) is 1. The molecule has 1 aromatic carbocycles. The number of benzene rings is 1. The summed E-state index contributed by atoms with van der Waals surface area (Å²) in [6, 6.07) is 7.68. The summed E-state index contributed by atoms with van der Waals surface area (Å²) in [6.07, 6.45) is 7.84. The zero-order valence-corrected chi connectivity index (χ0v) is 29.9. The van der Waals surface area contributed by atoms with E-state index in [1.165, 1.54) is 19.8 Å². The first-order chi connectivity index (χ1) is 21.2. The molecule has 0 aliphatic rings. The minimum atomic E-state index is -0.0724. The predicted molar refractivity (Wildman–Crippen MR) is 191 cm³/mol. The fraction of sp³-hybridized carbons (Fsp3) is 0.395. The maximum atomic E-state index is 6.13. The summed E-state index contributed by atoms with van der Waals surface area (Å²) in [4.78, 5) is 4.40. The van der Waals surface area contributed by atoms with E-state index in [0.717, 1.165) is 28.2 Å². The maximum Gasteiger partial charge on any atom is 0.290 e. The quantitative estimate of drug-likeness (QED) is 0.136. The molecule has 1 N–H and O–H groups in total. The Labute approximate surface area is 272 Å². The summed E-state index contributed by atoms with van der Waals surface area (Å²) in [5, 5.41) is 3.14. The van der Waals surface area contributed by atoms with Gasteiger partial charge in [0.15, 0.2) is 5.76 Å². The Morgan fingerprint density at radius 2 is 1.67 bits per heavy atom. The smallest absolute Gasteiger partial charge is 0.290 e. The molecule has 2 aromatic rings. The minimum Gasteiger partial charge on any atom is -0.495 e. The first kappa shape index (κ1) is 40.8. The van der Waals surface area contributed by atoms with E-state index in [-0.39, 0.29) is 5.41 Å². The molecule has 1 heterocycles. The Morgan fingerprint density at radius 3 is 2.16 bits per heavy atom. The topological polar surface area (TPSA) is 74.5 Å². The highest BCUT2D eigenvalue weighted by molar-refractivity contribution is 5.80. The summed E-state index contributed by atoms with van der Waals surface area (Å²) in [6.45, 7) is 32.4. The van der Waals surface area contributed by atoms with Crippen molar-refractivity contribution in [3.63, 3.8) is 0 Å².